The van der Waals surface area contributed by atoms with Gasteiger partial charge in [-0.05, 0) is 56.9 Å². The van der Waals surface area contributed by atoms with Gasteiger partial charge in [-0.1, -0.05) is 0 Å². The third kappa shape index (κ3) is 2.99. The minimum atomic E-state index is -3.83. The van der Waals surface area contributed by atoms with Gasteiger partial charge in [0.05, 0.1) is 4.90 Å². The smallest absolute Gasteiger partial charge is 0.261 e. The molecule has 0 atom stereocenters. The van der Waals surface area contributed by atoms with Crippen LogP contribution in [0.3, 0.4) is 0 Å². The molecule has 0 radical (unpaired) electrons. The van der Waals surface area contributed by atoms with Crippen LogP contribution in [0.4, 0.5) is 0 Å². The van der Waals surface area contributed by atoms with Crippen molar-refractivity contribution in [2.45, 2.75) is 44.6 Å². The van der Waals surface area contributed by atoms with Crippen molar-refractivity contribution >= 4 is 25.6 Å². The topological polar surface area (TPSA) is 54.5 Å². The highest BCUT2D eigenvalue weighted by molar-refractivity contribution is 8.13. The van der Waals surface area contributed by atoms with Crippen molar-refractivity contribution in [3.05, 3.63) is 28.8 Å². The van der Waals surface area contributed by atoms with Gasteiger partial charge in [0.2, 0.25) is 0 Å². The van der Waals surface area contributed by atoms with E-state index in [1.54, 1.807) is 11.8 Å². The molecule has 2 rings (SSSR count). The van der Waals surface area contributed by atoms with Crippen LogP contribution in [-0.2, 0) is 9.05 Å². The molecule has 0 saturated heterocycles. The minimum Gasteiger partial charge on any atom is -0.336 e. The van der Waals surface area contributed by atoms with E-state index in [9.17, 15) is 13.2 Å². The van der Waals surface area contributed by atoms with E-state index in [0.717, 1.165) is 24.0 Å². The van der Waals surface area contributed by atoms with Crippen LogP contribution >= 0.6 is 10.7 Å². The maximum absolute atomic E-state index is 12.6. The molecule has 1 aliphatic rings. The van der Waals surface area contributed by atoms with Crippen molar-refractivity contribution in [2.75, 3.05) is 6.54 Å². The molecule has 1 aromatic rings. The molecule has 1 aliphatic carbocycles. The molecular weight excluding hydrogens is 298 g/mol. The maximum atomic E-state index is 12.6. The zero-order chi connectivity index (χ0) is 15.1. The standard InChI is InChI=1S/C14H18ClNO3S/c1-4-16(11-5-6-11)14(17)13-8-12(20(15,18)19)7-9(2)10(13)3/h7-8,11H,4-6H2,1-3H3. The van der Waals surface area contributed by atoms with E-state index in [1.165, 1.54) is 12.1 Å². The molecule has 1 fully saturated rings. The van der Waals surface area contributed by atoms with Gasteiger partial charge in [0.15, 0.2) is 0 Å². The molecule has 0 aliphatic heterocycles. The fourth-order valence-electron chi connectivity index (χ4n) is 2.30. The van der Waals surface area contributed by atoms with Gasteiger partial charge in [0.25, 0.3) is 15.0 Å². The molecule has 0 spiro atoms. The van der Waals surface area contributed by atoms with Crippen LogP contribution in [0.2, 0.25) is 0 Å². The molecule has 20 heavy (non-hydrogen) atoms. The second-order valence-electron chi connectivity index (χ2n) is 5.17. The first-order chi connectivity index (χ1) is 9.25. The summed E-state index contributed by atoms with van der Waals surface area (Å²) < 4.78 is 23.0. The minimum absolute atomic E-state index is 0.0162. The van der Waals surface area contributed by atoms with Gasteiger partial charge in [-0.2, -0.15) is 0 Å². The zero-order valence-electron chi connectivity index (χ0n) is 11.8. The van der Waals surface area contributed by atoms with Gasteiger partial charge in [0, 0.05) is 28.8 Å². The van der Waals surface area contributed by atoms with E-state index < -0.39 is 9.05 Å². The average molecular weight is 316 g/mol. The summed E-state index contributed by atoms with van der Waals surface area (Å²) >= 11 is 0. The Morgan fingerprint density at radius 1 is 1.35 bits per heavy atom. The van der Waals surface area contributed by atoms with Crippen molar-refractivity contribution in [1.82, 2.24) is 4.90 Å². The molecule has 110 valence electrons. The van der Waals surface area contributed by atoms with Gasteiger partial charge in [-0.25, -0.2) is 8.42 Å². The van der Waals surface area contributed by atoms with Gasteiger partial charge >= 0.3 is 0 Å². The van der Waals surface area contributed by atoms with Crippen LogP contribution in [0.25, 0.3) is 0 Å². The quantitative estimate of drug-likeness (QED) is 0.803. The number of carbonyl (C=O) groups excluding carboxylic acids is 1. The number of carbonyl (C=O) groups is 1. The summed E-state index contributed by atoms with van der Waals surface area (Å²) in [5.41, 5.74) is 1.98. The normalized spacial score (nSPS) is 15.2. The highest BCUT2D eigenvalue weighted by atomic mass is 35.7. The van der Waals surface area contributed by atoms with Crippen molar-refractivity contribution in [2.24, 2.45) is 0 Å². The Hall–Kier alpha value is -1.07. The lowest BCUT2D eigenvalue weighted by atomic mass is 10.0. The molecule has 0 bridgehead atoms. The molecule has 0 N–H and O–H groups in total. The number of aryl methyl sites for hydroxylation is 1. The predicted molar refractivity (Wildman–Crippen MR) is 78.7 cm³/mol. The predicted octanol–water partition coefficient (Wildman–Crippen LogP) is 2.86. The fraction of sp³-hybridized carbons (Fsp3) is 0.500. The Kier molecular flexibility index (Phi) is 4.12. The summed E-state index contributed by atoms with van der Waals surface area (Å²) in [5.74, 6) is -0.113. The number of benzene rings is 1. The van der Waals surface area contributed by atoms with Gasteiger partial charge in [0.1, 0.15) is 0 Å². The fourth-order valence-corrected chi connectivity index (χ4v) is 3.14. The Labute approximate surface area is 124 Å². The number of amides is 1. The molecule has 6 heteroatoms. The number of halogens is 1. The maximum Gasteiger partial charge on any atom is 0.261 e. The van der Waals surface area contributed by atoms with Crippen molar-refractivity contribution in [3.8, 4) is 0 Å². The molecular formula is C14H18ClNO3S. The summed E-state index contributed by atoms with van der Waals surface area (Å²) in [5, 5.41) is 0. The van der Waals surface area contributed by atoms with E-state index in [4.69, 9.17) is 10.7 Å². The van der Waals surface area contributed by atoms with E-state index in [0.29, 0.717) is 18.2 Å². The number of nitrogens with zero attached hydrogens (tertiary/aromatic N) is 1. The summed E-state index contributed by atoms with van der Waals surface area (Å²) in [7, 11) is 1.56. The monoisotopic (exact) mass is 315 g/mol. The largest absolute Gasteiger partial charge is 0.336 e. The molecule has 0 aromatic heterocycles. The Bertz CT molecular complexity index is 651. The van der Waals surface area contributed by atoms with Crippen molar-refractivity contribution in [1.29, 1.82) is 0 Å². The average Bonchev–Trinajstić information content (AvgIpc) is 3.16. The van der Waals surface area contributed by atoms with Crippen molar-refractivity contribution in [3.63, 3.8) is 0 Å². The molecule has 0 unspecified atom stereocenters. The summed E-state index contributed by atoms with van der Waals surface area (Å²) in [4.78, 5) is 14.4. The van der Waals surface area contributed by atoms with Gasteiger partial charge < -0.3 is 4.90 Å². The highest BCUT2D eigenvalue weighted by Gasteiger charge is 2.33. The molecule has 1 saturated carbocycles. The summed E-state index contributed by atoms with van der Waals surface area (Å²) in [6.07, 6.45) is 2.04. The highest BCUT2D eigenvalue weighted by Crippen LogP contribution is 2.30. The van der Waals surface area contributed by atoms with E-state index >= 15 is 0 Å². The third-order valence-electron chi connectivity index (χ3n) is 3.74. The lowest BCUT2D eigenvalue weighted by Gasteiger charge is -2.22. The lowest BCUT2D eigenvalue weighted by Crippen LogP contribution is -2.33. The third-order valence-corrected chi connectivity index (χ3v) is 5.08. The Morgan fingerprint density at radius 2 is 1.95 bits per heavy atom. The molecule has 1 aromatic carbocycles. The number of rotatable bonds is 4. The molecule has 4 nitrogen and oxygen atoms in total. The van der Waals surface area contributed by atoms with Gasteiger partial charge in [-0.3, -0.25) is 4.79 Å². The SMILES string of the molecule is CCN(C(=O)c1cc(S(=O)(=O)Cl)cc(C)c1C)C1CC1. The first-order valence-electron chi connectivity index (χ1n) is 6.62. The molecule has 1 amide bonds. The summed E-state index contributed by atoms with van der Waals surface area (Å²) in [6.45, 7) is 6.17. The number of hydrogen-bond donors (Lipinski definition) is 0. The van der Waals surface area contributed by atoms with Crippen LogP contribution < -0.4 is 0 Å². The molecule has 0 heterocycles. The lowest BCUT2D eigenvalue weighted by molar-refractivity contribution is 0.0751. The van der Waals surface area contributed by atoms with Crippen LogP contribution in [-0.4, -0.2) is 31.8 Å². The first kappa shape index (κ1) is 15.3. The van der Waals surface area contributed by atoms with Crippen LogP contribution in [0.15, 0.2) is 17.0 Å². The van der Waals surface area contributed by atoms with E-state index in [1.807, 2.05) is 13.8 Å². The first-order valence-corrected chi connectivity index (χ1v) is 8.93. The van der Waals surface area contributed by atoms with Crippen LogP contribution in [0.1, 0.15) is 41.3 Å². The summed E-state index contributed by atoms with van der Waals surface area (Å²) in [6, 6.07) is 3.18. The van der Waals surface area contributed by atoms with Crippen molar-refractivity contribution < 1.29 is 13.2 Å². The number of hydrogen-bond acceptors (Lipinski definition) is 3. The second-order valence-corrected chi connectivity index (χ2v) is 7.74. The van der Waals surface area contributed by atoms with E-state index in [2.05, 4.69) is 0 Å². The zero-order valence-corrected chi connectivity index (χ0v) is 13.4. The van der Waals surface area contributed by atoms with Crippen LogP contribution in [0.5, 0.6) is 0 Å². The van der Waals surface area contributed by atoms with Crippen LogP contribution in [0, 0.1) is 13.8 Å². The van der Waals surface area contributed by atoms with Gasteiger partial charge in [-0.15, -0.1) is 0 Å². The Balaban J connectivity index is 2.49. The van der Waals surface area contributed by atoms with E-state index in [-0.39, 0.29) is 10.8 Å². The Morgan fingerprint density at radius 3 is 2.40 bits per heavy atom. The second kappa shape index (κ2) is 5.37.